The van der Waals surface area contributed by atoms with Crippen molar-refractivity contribution in [3.8, 4) is 0 Å². The number of ketones is 1. The maximum atomic E-state index is 14.0. The second kappa shape index (κ2) is 8.77. The molecule has 156 valence electrons. The van der Waals surface area contributed by atoms with Crippen LogP contribution >= 0.6 is 0 Å². The number of rotatable bonds is 5. The number of likely N-dealkylation sites (tertiary alicyclic amines) is 1. The van der Waals surface area contributed by atoms with Gasteiger partial charge in [0.15, 0.2) is 0 Å². The van der Waals surface area contributed by atoms with E-state index in [0.29, 0.717) is 30.9 Å². The monoisotopic (exact) mass is 410 g/mol. The van der Waals surface area contributed by atoms with Crippen LogP contribution in [0.3, 0.4) is 0 Å². The number of aliphatic hydroxyl groups is 1. The SMILES string of the molecule is O=C1C(=O)N(CCN2CCOCC2)[C@H](c2cccc(F)c2)C1=C(O)c1ccccc1. The second-order valence-corrected chi connectivity index (χ2v) is 7.37. The van der Waals surface area contributed by atoms with Gasteiger partial charge < -0.3 is 14.7 Å². The van der Waals surface area contributed by atoms with Crippen molar-refractivity contribution in [2.45, 2.75) is 6.04 Å². The van der Waals surface area contributed by atoms with Crippen LogP contribution in [0.2, 0.25) is 0 Å². The van der Waals surface area contributed by atoms with Crippen LogP contribution in [0, 0.1) is 5.82 Å². The summed E-state index contributed by atoms with van der Waals surface area (Å²) in [6, 6.07) is 13.6. The first-order chi connectivity index (χ1) is 14.6. The molecule has 0 spiro atoms. The number of carbonyl (C=O) groups excluding carboxylic acids is 2. The van der Waals surface area contributed by atoms with Crippen molar-refractivity contribution >= 4 is 17.4 Å². The summed E-state index contributed by atoms with van der Waals surface area (Å²) in [5, 5.41) is 10.9. The van der Waals surface area contributed by atoms with Crippen LogP contribution in [-0.4, -0.2) is 66.0 Å². The van der Waals surface area contributed by atoms with Gasteiger partial charge in [0.05, 0.1) is 24.8 Å². The number of Topliss-reactive ketones (excluding diaryl/α,β-unsaturated/α-hetero) is 1. The zero-order valence-corrected chi connectivity index (χ0v) is 16.5. The van der Waals surface area contributed by atoms with Crippen LogP contribution in [-0.2, 0) is 14.3 Å². The maximum Gasteiger partial charge on any atom is 0.295 e. The Morgan fingerprint density at radius 2 is 1.77 bits per heavy atom. The summed E-state index contributed by atoms with van der Waals surface area (Å²) >= 11 is 0. The van der Waals surface area contributed by atoms with Crippen LogP contribution in [0.25, 0.3) is 5.76 Å². The largest absolute Gasteiger partial charge is 0.507 e. The Labute approximate surface area is 174 Å². The van der Waals surface area contributed by atoms with Gasteiger partial charge in [0.25, 0.3) is 11.7 Å². The molecule has 0 radical (unpaired) electrons. The van der Waals surface area contributed by atoms with Crippen LogP contribution in [0.4, 0.5) is 4.39 Å². The van der Waals surface area contributed by atoms with Crippen LogP contribution in [0.5, 0.6) is 0 Å². The molecule has 0 aromatic heterocycles. The van der Waals surface area contributed by atoms with E-state index in [4.69, 9.17) is 4.74 Å². The number of benzene rings is 2. The van der Waals surface area contributed by atoms with Gasteiger partial charge in [-0.1, -0.05) is 42.5 Å². The number of ether oxygens (including phenoxy) is 1. The lowest BCUT2D eigenvalue weighted by Crippen LogP contribution is -2.42. The first-order valence-electron chi connectivity index (χ1n) is 9.95. The molecule has 0 saturated carbocycles. The third-order valence-electron chi connectivity index (χ3n) is 5.51. The van der Waals surface area contributed by atoms with Gasteiger partial charge in [0.2, 0.25) is 0 Å². The summed E-state index contributed by atoms with van der Waals surface area (Å²) in [5.74, 6) is -2.16. The summed E-state index contributed by atoms with van der Waals surface area (Å²) in [6.45, 7) is 3.60. The van der Waals surface area contributed by atoms with E-state index in [2.05, 4.69) is 4.90 Å². The third-order valence-corrected chi connectivity index (χ3v) is 5.51. The number of aliphatic hydroxyl groups excluding tert-OH is 1. The van der Waals surface area contributed by atoms with E-state index in [1.54, 1.807) is 36.4 Å². The highest BCUT2D eigenvalue weighted by Gasteiger charge is 2.46. The highest BCUT2D eigenvalue weighted by molar-refractivity contribution is 6.46. The molecule has 7 heteroatoms. The van der Waals surface area contributed by atoms with Crippen molar-refractivity contribution in [2.24, 2.45) is 0 Å². The molecule has 0 unspecified atom stereocenters. The minimum absolute atomic E-state index is 0.0150. The van der Waals surface area contributed by atoms with Gasteiger partial charge in [0, 0.05) is 31.7 Å². The van der Waals surface area contributed by atoms with Gasteiger partial charge in [-0.25, -0.2) is 4.39 Å². The van der Waals surface area contributed by atoms with Crippen LogP contribution in [0.15, 0.2) is 60.2 Å². The van der Waals surface area contributed by atoms with E-state index in [1.807, 2.05) is 0 Å². The molecule has 2 fully saturated rings. The zero-order chi connectivity index (χ0) is 21.1. The summed E-state index contributed by atoms with van der Waals surface area (Å²) in [5.41, 5.74) is 0.873. The molecule has 1 N–H and O–H groups in total. The standard InChI is InChI=1S/C23H23FN2O4/c24-18-8-4-7-17(15-18)20-19(21(27)16-5-2-1-3-6-16)22(28)23(29)26(20)10-9-25-11-13-30-14-12-25/h1-8,15,20,27H,9-14H2/t20-/m1/s1. The van der Waals surface area contributed by atoms with Gasteiger partial charge in [-0.05, 0) is 17.7 Å². The predicted molar refractivity (Wildman–Crippen MR) is 109 cm³/mol. The second-order valence-electron chi connectivity index (χ2n) is 7.37. The summed E-state index contributed by atoms with van der Waals surface area (Å²) in [4.78, 5) is 29.4. The van der Waals surface area contributed by atoms with Gasteiger partial charge in [-0.3, -0.25) is 14.5 Å². The summed E-state index contributed by atoms with van der Waals surface area (Å²) in [6.07, 6.45) is 0. The third kappa shape index (κ3) is 3.99. The molecule has 2 aliphatic rings. The lowest BCUT2D eigenvalue weighted by atomic mass is 9.95. The van der Waals surface area contributed by atoms with Crippen molar-refractivity contribution in [3.05, 3.63) is 77.1 Å². The fraction of sp³-hybridized carbons (Fsp3) is 0.304. The van der Waals surface area contributed by atoms with Crippen LogP contribution < -0.4 is 0 Å². The number of nitrogens with zero attached hydrogens (tertiary/aromatic N) is 2. The minimum Gasteiger partial charge on any atom is -0.507 e. The molecule has 2 aromatic rings. The van der Waals surface area contributed by atoms with E-state index in [1.165, 1.54) is 23.1 Å². The fourth-order valence-corrected chi connectivity index (χ4v) is 3.96. The first-order valence-corrected chi connectivity index (χ1v) is 9.95. The molecular formula is C23H23FN2O4. The molecule has 0 bridgehead atoms. The van der Waals surface area contributed by atoms with Gasteiger partial charge in [0.1, 0.15) is 11.6 Å². The molecule has 2 saturated heterocycles. The molecule has 4 rings (SSSR count). The highest BCUT2D eigenvalue weighted by Crippen LogP contribution is 2.39. The van der Waals surface area contributed by atoms with Gasteiger partial charge >= 0.3 is 0 Å². The van der Waals surface area contributed by atoms with Crippen LogP contribution in [0.1, 0.15) is 17.2 Å². The Morgan fingerprint density at radius 3 is 2.47 bits per heavy atom. The number of halogens is 1. The molecule has 1 amide bonds. The number of carbonyl (C=O) groups is 2. The molecular weight excluding hydrogens is 387 g/mol. The number of morpholine rings is 1. The Balaban J connectivity index is 1.73. The number of hydrogen-bond acceptors (Lipinski definition) is 5. The van der Waals surface area contributed by atoms with E-state index >= 15 is 0 Å². The number of amides is 1. The first kappa shape index (κ1) is 20.3. The van der Waals surface area contributed by atoms with Gasteiger partial charge in [-0.15, -0.1) is 0 Å². The summed E-state index contributed by atoms with van der Waals surface area (Å²) < 4.78 is 19.3. The number of hydrogen-bond donors (Lipinski definition) is 1. The minimum atomic E-state index is -0.845. The Kier molecular flexibility index (Phi) is 5.92. The van der Waals surface area contributed by atoms with E-state index in [-0.39, 0.29) is 17.9 Å². The molecule has 2 heterocycles. The predicted octanol–water partition coefficient (Wildman–Crippen LogP) is 2.58. The molecule has 0 aliphatic carbocycles. The average molecular weight is 410 g/mol. The van der Waals surface area contributed by atoms with Crippen molar-refractivity contribution < 1.29 is 23.8 Å². The normalized spacial score (nSPS) is 21.9. The summed E-state index contributed by atoms with van der Waals surface area (Å²) in [7, 11) is 0. The van der Waals surface area contributed by atoms with E-state index in [9.17, 15) is 19.1 Å². The van der Waals surface area contributed by atoms with Crippen molar-refractivity contribution in [2.75, 3.05) is 39.4 Å². The smallest absolute Gasteiger partial charge is 0.295 e. The Bertz CT molecular complexity index is 970. The zero-order valence-electron chi connectivity index (χ0n) is 16.5. The molecule has 2 aliphatic heterocycles. The Hall–Kier alpha value is -3.03. The van der Waals surface area contributed by atoms with Crippen molar-refractivity contribution in [1.82, 2.24) is 9.80 Å². The van der Waals surface area contributed by atoms with Gasteiger partial charge in [-0.2, -0.15) is 0 Å². The lowest BCUT2D eigenvalue weighted by molar-refractivity contribution is -0.140. The molecule has 2 aromatic carbocycles. The quantitative estimate of drug-likeness (QED) is 0.466. The molecule has 1 atom stereocenters. The fourth-order valence-electron chi connectivity index (χ4n) is 3.96. The average Bonchev–Trinajstić information content (AvgIpc) is 3.03. The molecule has 6 nitrogen and oxygen atoms in total. The topological polar surface area (TPSA) is 70.1 Å². The maximum absolute atomic E-state index is 14.0. The van der Waals surface area contributed by atoms with E-state index < -0.39 is 23.5 Å². The van der Waals surface area contributed by atoms with Crippen molar-refractivity contribution in [3.63, 3.8) is 0 Å². The molecule has 30 heavy (non-hydrogen) atoms. The Morgan fingerprint density at radius 1 is 1.03 bits per heavy atom. The van der Waals surface area contributed by atoms with E-state index in [0.717, 1.165) is 13.1 Å². The van der Waals surface area contributed by atoms with Crippen molar-refractivity contribution in [1.29, 1.82) is 0 Å². The lowest BCUT2D eigenvalue weighted by Gasteiger charge is -2.31. The highest BCUT2D eigenvalue weighted by atomic mass is 19.1.